The summed E-state index contributed by atoms with van der Waals surface area (Å²) >= 11 is 0. The highest BCUT2D eigenvalue weighted by molar-refractivity contribution is 5.92. The number of carbonyl (C=O) groups is 1. The molecule has 2 N–H and O–H groups in total. The molecule has 1 heterocycles. The molecular formula is C21H21FN4O2. The lowest BCUT2D eigenvalue weighted by molar-refractivity contribution is 0.0945. The molecule has 7 heteroatoms. The molecule has 2 aromatic carbocycles. The Morgan fingerprint density at radius 2 is 1.82 bits per heavy atom. The molecule has 0 fully saturated rings. The van der Waals surface area contributed by atoms with Crippen LogP contribution >= 0.6 is 0 Å². The Balaban J connectivity index is 1.47. The maximum atomic E-state index is 13.6. The Kier molecular flexibility index (Phi) is 6.51. The number of nitrogens with zero attached hydrogens (tertiary/aromatic N) is 2. The summed E-state index contributed by atoms with van der Waals surface area (Å²) in [6, 6.07) is 17.4. The number of hydrogen-bond acceptors (Lipinski definition) is 5. The van der Waals surface area contributed by atoms with Crippen molar-refractivity contribution in [2.75, 3.05) is 19.0 Å². The van der Waals surface area contributed by atoms with Crippen LogP contribution < -0.4 is 15.4 Å². The fraction of sp³-hybridized carbons (Fsp3) is 0.190. The van der Waals surface area contributed by atoms with Gasteiger partial charge < -0.3 is 15.4 Å². The first-order valence-corrected chi connectivity index (χ1v) is 8.88. The van der Waals surface area contributed by atoms with E-state index in [9.17, 15) is 9.18 Å². The number of anilines is 1. The van der Waals surface area contributed by atoms with E-state index in [-0.39, 0.29) is 17.4 Å². The quantitative estimate of drug-likeness (QED) is 0.628. The van der Waals surface area contributed by atoms with E-state index in [0.717, 1.165) is 11.3 Å². The van der Waals surface area contributed by atoms with Crippen LogP contribution in [0.3, 0.4) is 0 Å². The second kappa shape index (κ2) is 9.45. The van der Waals surface area contributed by atoms with Crippen LogP contribution in [0, 0.1) is 5.82 Å². The predicted octanol–water partition coefficient (Wildman–Crippen LogP) is 3.21. The highest BCUT2D eigenvalue weighted by Crippen LogP contribution is 2.11. The normalized spacial score (nSPS) is 10.4. The highest BCUT2D eigenvalue weighted by atomic mass is 19.1. The summed E-state index contributed by atoms with van der Waals surface area (Å²) in [5.74, 6) is 0.766. The van der Waals surface area contributed by atoms with Crippen molar-refractivity contribution < 1.29 is 13.9 Å². The molecule has 1 aromatic heterocycles. The number of rotatable bonds is 8. The number of methoxy groups -OCH3 is 1. The molecular weight excluding hydrogens is 359 g/mol. The van der Waals surface area contributed by atoms with Gasteiger partial charge in [-0.25, -0.2) is 4.39 Å². The van der Waals surface area contributed by atoms with Crippen molar-refractivity contribution in [3.63, 3.8) is 0 Å². The van der Waals surface area contributed by atoms with Crippen LogP contribution in [0.15, 0.2) is 60.7 Å². The van der Waals surface area contributed by atoms with Gasteiger partial charge in [0.1, 0.15) is 17.4 Å². The van der Waals surface area contributed by atoms with Gasteiger partial charge in [-0.2, -0.15) is 0 Å². The van der Waals surface area contributed by atoms with Crippen molar-refractivity contribution in [1.82, 2.24) is 15.5 Å². The summed E-state index contributed by atoms with van der Waals surface area (Å²) in [6.07, 6.45) is 0.526. The van der Waals surface area contributed by atoms with Crippen molar-refractivity contribution in [2.45, 2.75) is 13.0 Å². The second-order valence-electron chi connectivity index (χ2n) is 6.10. The van der Waals surface area contributed by atoms with Crippen LogP contribution in [0.4, 0.5) is 10.2 Å². The van der Waals surface area contributed by atoms with Crippen molar-refractivity contribution >= 4 is 11.7 Å². The lowest BCUT2D eigenvalue weighted by Crippen LogP contribution is -2.24. The molecule has 3 aromatic rings. The van der Waals surface area contributed by atoms with Gasteiger partial charge >= 0.3 is 0 Å². The molecule has 0 unspecified atom stereocenters. The molecule has 0 atom stereocenters. The van der Waals surface area contributed by atoms with Crippen LogP contribution in [-0.2, 0) is 13.0 Å². The van der Waals surface area contributed by atoms with Crippen LogP contribution in [0.25, 0.3) is 0 Å². The van der Waals surface area contributed by atoms with Crippen molar-refractivity contribution in [1.29, 1.82) is 0 Å². The number of carbonyl (C=O) groups excluding carboxylic acids is 1. The minimum Gasteiger partial charge on any atom is -0.497 e. The minimum atomic E-state index is -0.304. The first-order chi connectivity index (χ1) is 13.7. The Bertz CT molecular complexity index is 914. The largest absolute Gasteiger partial charge is 0.497 e. The standard InChI is InChI=1S/C21H21FN4O2/c1-28-17-8-6-15(7-9-17)14-24-21(27)19-10-11-20(26-25-19)23-13-12-16-4-2-3-5-18(16)22/h2-11H,12-14H2,1H3,(H,23,26)(H,24,27). The van der Waals surface area contributed by atoms with Crippen LogP contribution in [0.2, 0.25) is 0 Å². The van der Waals surface area contributed by atoms with Gasteiger partial charge in [0.15, 0.2) is 5.69 Å². The number of aromatic nitrogens is 2. The van der Waals surface area contributed by atoms with Gasteiger partial charge in [-0.15, -0.1) is 10.2 Å². The third-order valence-electron chi connectivity index (χ3n) is 4.17. The number of halogens is 1. The van der Waals surface area contributed by atoms with E-state index in [1.54, 1.807) is 37.4 Å². The van der Waals surface area contributed by atoms with Gasteiger partial charge in [0, 0.05) is 13.1 Å². The van der Waals surface area contributed by atoms with Crippen LogP contribution in [0.1, 0.15) is 21.6 Å². The van der Waals surface area contributed by atoms with Gasteiger partial charge in [0.05, 0.1) is 7.11 Å². The number of benzene rings is 2. The number of hydrogen-bond donors (Lipinski definition) is 2. The van der Waals surface area contributed by atoms with Gasteiger partial charge in [0.25, 0.3) is 5.91 Å². The third-order valence-corrected chi connectivity index (χ3v) is 4.17. The lowest BCUT2D eigenvalue weighted by atomic mass is 10.1. The lowest BCUT2D eigenvalue weighted by Gasteiger charge is -2.08. The Labute approximate surface area is 162 Å². The summed E-state index contributed by atoms with van der Waals surface area (Å²) in [5.41, 5.74) is 1.82. The SMILES string of the molecule is COc1ccc(CNC(=O)c2ccc(NCCc3ccccc3F)nn2)cc1. The molecule has 28 heavy (non-hydrogen) atoms. The molecule has 0 saturated heterocycles. The summed E-state index contributed by atoms with van der Waals surface area (Å²) < 4.78 is 18.7. The molecule has 0 bridgehead atoms. The van der Waals surface area contributed by atoms with E-state index in [2.05, 4.69) is 20.8 Å². The van der Waals surface area contributed by atoms with E-state index in [1.165, 1.54) is 6.07 Å². The molecule has 0 aliphatic heterocycles. The van der Waals surface area contributed by atoms with Gasteiger partial charge in [-0.3, -0.25) is 4.79 Å². The van der Waals surface area contributed by atoms with Gasteiger partial charge in [-0.05, 0) is 47.9 Å². The summed E-state index contributed by atoms with van der Waals surface area (Å²) in [4.78, 5) is 12.2. The van der Waals surface area contributed by atoms with Crippen molar-refractivity contribution in [2.24, 2.45) is 0 Å². The molecule has 6 nitrogen and oxygen atoms in total. The summed E-state index contributed by atoms with van der Waals surface area (Å²) in [5, 5.41) is 13.8. The zero-order chi connectivity index (χ0) is 19.8. The maximum Gasteiger partial charge on any atom is 0.272 e. The first kappa shape index (κ1) is 19.3. The fourth-order valence-electron chi connectivity index (χ4n) is 2.59. The smallest absolute Gasteiger partial charge is 0.272 e. The van der Waals surface area contributed by atoms with Crippen molar-refractivity contribution in [3.05, 3.63) is 83.3 Å². The topological polar surface area (TPSA) is 76.1 Å². The maximum absolute atomic E-state index is 13.6. The average Bonchev–Trinajstić information content (AvgIpc) is 2.74. The Morgan fingerprint density at radius 1 is 1.04 bits per heavy atom. The van der Waals surface area contributed by atoms with Gasteiger partial charge in [0.2, 0.25) is 0 Å². The Morgan fingerprint density at radius 3 is 2.50 bits per heavy atom. The molecule has 1 amide bonds. The number of ether oxygens (including phenoxy) is 1. The van der Waals surface area contributed by atoms with E-state index >= 15 is 0 Å². The number of amides is 1. The number of nitrogens with one attached hydrogen (secondary N) is 2. The van der Waals surface area contributed by atoms with E-state index < -0.39 is 0 Å². The molecule has 0 radical (unpaired) electrons. The molecule has 144 valence electrons. The molecule has 0 aliphatic rings. The highest BCUT2D eigenvalue weighted by Gasteiger charge is 2.08. The average molecular weight is 380 g/mol. The third kappa shape index (κ3) is 5.26. The van der Waals surface area contributed by atoms with Gasteiger partial charge in [-0.1, -0.05) is 30.3 Å². The van der Waals surface area contributed by atoms with Crippen LogP contribution in [-0.4, -0.2) is 29.8 Å². The van der Waals surface area contributed by atoms with Crippen molar-refractivity contribution in [3.8, 4) is 5.75 Å². The van der Waals surface area contributed by atoms with E-state index in [0.29, 0.717) is 30.9 Å². The molecule has 3 rings (SSSR count). The summed E-state index contributed by atoms with van der Waals surface area (Å²) in [7, 11) is 1.61. The zero-order valence-electron chi connectivity index (χ0n) is 15.5. The fourth-order valence-corrected chi connectivity index (χ4v) is 2.59. The minimum absolute atomic E-state index is 0.223. The molecule has 0 saturated carbocycles. The first-order valence-electron chi connectivity index (χ1n) is 8.88. The van der Waals surface area contributed by atoms with E-state index in [1.807, 2.05) is 24.3 Å². The molecule has 0 spiro atoms. The zero-order valence-corrected chi connectivity index (χ0v) is 15.5. The second-order valence-corrected chi connectivity index (χ2v) is 6.10. The van der Waals surface area contributed by atoms with Crippen LogP contribution in [0.5, 0.6) is 5.75 Å². The predicted molar refractivity (Wildman–Crippen MR) is 105 cm³/mol. The van der Waals surface area contributed by atoms with E-state index in [4.69, 9.17) is 4.74 Å². The summed E-state index contributed by atoms with van der Waals surface area (Å²) in [6.45, 7) is 0.895. The Hall–Kier alpha value is -3.48. The molecule has 0 aliphatic carbocycles. The monoisotopic (exact) mass is 380 g/mol.